The van der Waals surface area contributed by atoms with Crippen LogP contribution >= 0.6 is 38.9 Å². The molecule has 0 aliphatic carbocycles. The van der Waals surface area contributed by atoms with Crippen LogP contribution in [0.2, 0.25) is 5.02 Å². The summed E-state index contributed by atoms with van der Waals surface area (Å²) in [4.78, 5) is 32.0. The molecule has 0 fully saturated rings. The molecular weight excluding hydrogens is 624 g/mol. The lowest BCUT2D eigenvalue weighted by Gasteiger charge is -2.25. The van der Waals surface area contributed by atoms with E-state index in [1.165, 1.54) is 30.9 Å². The Morgan fingerprint density at radius 2 is 1.98 bits per heavy atom. The smallest absolute Gasteiger partial charge is 0.338 e. The van der Waals surface area contributed by atoms with Crippen LogP contribution < -0.4 is 29.1 Å². The molecule has 0 radical (unpaired) electrons. The molecule has 1 aliphatic heterocycles. The fourth-order valence-electron chi connectivity index (χ4n) is 4.21. The first-order valence-electron chi connectivity index (χ1n) is 11.8. The van der Waals surface area contributed by atoms with Gasteiger partial charge in [0.05, 0.1) is 47.7 Å². The fraction of sp³-hybridized carbons (Fsp3) is 0.250. The Bertz CT molecular complexity index is 1750. The Kier molecular flexibility index (Phi) is 8.93. The first kappa shape index (κ1) is 29.3. The molecule has 1 aliphatic rings. The van der Waals surface area contributed by atoms with E-state index in [1.807, 2.05) is 0 Å². The molecule has 3 aromatic rings. The molecule has 208 valence electrons. The number of hydrogen-bond donors (Lipinski definition) is 1. The Morgan fingerprint density at radius 3 is 2.62 bits per heavy atom. The molecule has 1 aromatic heterocycles. The molecule has 0 spiro atoms. The fourth-order valence-corrected chi connectivity index (χ4v) is 5.90. The van der Waals surface area contributed by atoms with Crippen molar-refractivity contribution in [2.24, 2.45) is 4.99 Å². The van der Waals surface area contributed by atoms with Crippen LogP contribution in [0.25, 0.3) is 6.08 Å². The van der Waals surface area contributed by atoms with E-state index in [1.54, 1.807) is 32.1 Å². The number of carbonyl (C=O) groups excluding carboxylic acids is 1. The van der Waals surface area contributed by atoms with Crippen molar-refractivity contribution in [3.8, 4) is 35.3 Å². The van der Waals surface area contributed by atoms with Crippen molar-refractivity contribution in [2.45, 2.75) is 19.9 Å². The van der Waals surface area contributed by atoms with E-state index in [2.05, 4.69) is 26.8 Å². The maximum atomic E-state index is 13.9. The van der Waals surface area contributed by atoms with Crippen molar-refractivity contribution in [3.63, 3.8) is 0 Å². The van der Waals surface area contributed by atoms with E-state index in [4.69, 9.17) is 37.0 Å². The Morgan fingerprint density at radius 1 is 1.25 bits per heavy atom. The minimum Gasteiger partial charge on any atom is -0.503 e. The molecule has 0 bridgehead atoms. The number of phenols is 1. The number of benzene rings is 2. The zero-order chi connectivity index (χ0) is 29.1. The molecule has 4 rings (SSSR count). The summed E-state index contributed by atoms with van der Waals surface area (Å²) < 4.78 is 24.0. The van der Waals surface area contributed by atoms with E-state index in [0.717, 1.165) is 11.3 Å². The van der Waals surface area contributed by atoms with Crippen molar-refractivity contribution in [2.75, 3.05) is 27.4 Å². The number of fused-ring (bicyclic) bond motifs is 1. The maximum absolute atomic E-state index is 13.9. The molecule has 1 atom stereocenters. The number of aromatic hydroxyl groups is 1. The van der Waals surface area contributed by atoms with Crippen LogP contribution in [0.5, 0.6) is 23.0 Å². The minimum atomic E-state index is -0.943. The zero-order valence-corrected chi connectivity index (χ0v) is 25.1. The molecule has 1 unspecified atom stereocenters. The normalized spacial score (nSPS) is 14.7. The number of hydrogen-bond acceptors (Lipinski definition) is 9. The van der Waals surface area contributed by atoms with Crippen molar-refractivity contribution < 1.29 is 28.8 Å². The summed E-state index contributed by atoms with van der Waals surface area (Å²) in [5.74, 6) is 2.49. The summed E-state index contributed by atoms with van der Waals surface area (Å²) in [7, 11) is 2.88. The summed E-state index contributed by atoms with van der Waals surface area (Å²) in [5, 5.41) is 10.3. The number of rotatable bonds is 8. The second kappa shape index (κ2) is 12.2. The lowest BCUT2D eigenvalue weighted by molar-refractivity contribution is -0.139. The Hall–Kier alpha value is -3.72. The van der Waals surface area contributed by atoms with Gasteiger partial charge in [-0.2, -0.15) is 0 Å². The molecule has 0 saturated carbocycles. The average molecular weight is 648 g/mol. The third-order valence-electron chi connectivity index (χ3n) is 5.98. The Labute approximate surface area is 247 Å². The van der Waals surface area contributed by atoms with Gasteiger partial charge in [-0.1, -0.05) is 44.8 Å². The van der Waals surface area contributed by atoms with Crippen LogP contribution in [0.3, 0.4) is 0 Å². The highest BCUT2D eigenvalue weighted by Gasteiger charge is 2.34. The van der Waals surface area contributed by atoms with Crippen LogP contribution in [0.1, 0.15) is 31.0 Å². The van der Waals surface area contributed by atoms with Gasteiger partial charge in [-0.3, -0.25) is 9.36 Å². The quantitative estimate of drug-likeness (QED) is 0.292. The number of phenolic OH excluding ortho intramolecular Hbond substituents is 1. The molecule has 0 saturated heterocycles. The lowest BCUT2D eigenvalue weighted by Crippen LogP contribution is -2.40. The molecule has 0 amide bonds. The van der Waals surface area contributed by atoms with E-state index < -0.39 is 17.6 Å². The molecule has 2 aromatic carbocycles. The molecule has 1 N–H and O–H groups in total. The highest BCUT2D eigenvalue weighted by Crippen LogP contribution is 2.40. The molecular formula is C28H24BrClN2O7S. The lowest BCUT2D eigenvalue weighted by atomic mass is 9.95. The second-order valence-corrected chi connectivity index (χ2v) is 10.6. The number of ether oxygens (including phenoxy) is 4. The first-order valence-corrected chi connectivity index (χ1v) is 13.8. The molecule has 2 heterocycles. The van der Waals surface area contributed by atoms with Gasteiger partial charge in [0, 0.05) is 4.47 Å². The van der Waals surface area contributed by atoms with E-state index >= 15 is 0 Å². The summed E-state index contributed by atoms with van der Waals surface area (Å²) in [6.45, 7) is 3.55. The van der Waals surface area contributed by atoms with Gasteiger partial charge < -0.3 is 24.1 Å². The third-order valence-corrected chi connectivity index (χ3v) is 7.94. The number of aromatic nitrogens is 1. The highest BCUT2D eigenvalue weighted by atomic mass is 79.9. The van der Waals surface area contributed by atoms with Gasteiger partial charge >= 0.3 is 5.97 Å². The van der Waals surface area contributed by atoms with Gasteiger partial charge in [-0.05, 0) is 55.3 Å². The van der Waals surface area contributed by atoms with Crippen LogP contribution in [-0.2, 0) is 9.53 Å². The number of terminal acetylenes is 1. The predicted molar refractivity (Wildman–Crippen MR) is 155 cm³/mol. The van der Waals surface area contributed by atoms with Crippen molar-refractivity contribution in [1.29, 1.82) is 0 Å². The van der Waals surface area contributed by atoms with Crippen molar-refractivity contribution in [1.82, 2.24) is 4.57 Å². The van der Waals surface area contributed by atoms with Crippen LogP contribution in [0.4, 0.5) is 0 Å². The van der Waals surface area contributed by atoms with E-state index in [9.17, 15) is 14.7 Å². The molecule has 9 nitrogen and oxygen atoms in total. The number of halogens is 2. The van der Waals surface area contributed by atoms with Crippen LogP contribution in [-0.4, -0.2) is 43.1 Å². The number of carbonyl (C=O) groups is 1. The highest BCUT2D eigenvalue weighted by molar-refractivity contribution is 9.10. The van der Waals surface area contributed by atoms with Gasteiger partial charge in [0.25, 0.3) is 5.56 Å². The first-order chi connectivity index (χ1) is 19.1. The number of thiazole rings is 1. The monoisotopic (exact) mass is 646 g/mol. The summed E-state index contributed by atoms with van der Waals surface area (Å²) in [6, 6.07) is 5.48. The van der Waals surface area contributed by atoms with Gasteiger partial charge in [-0.25, -0.2) is 9.79 Å². The van der Waals surface area contributed by atoms with E-state index in [0.29, 0.717) is 42.1 Å². The minimum absolute atomic E-state index is 0.00231. The van der Waals surface area contributed by atoms with Gasteiger partial charge in [0.2, 0.25) is 0 Å². The number of nitrogens with zero attached hydrogens (tertiary/aromatic N) is 2. The second-order valence-electron chi connectivity index (χ2n) is 8.37. The van der Waals surface area contributed by atoms with Crippen molar-refractivity contribution >= 4 is 50.9 Å². The third kappa shape index (κ3) is 5.47. The number of esters is 1. The van der Waals surface area contributed by atoms with Crippen LogP contribution in [0.15, 0.2) is 49.8 Å². The van der Waals surface area contributed by atoms with Gasteiger partial charge in [0.15, 0.2) is 27.8 Å². The summed E-state index contributed by atoms with van der Waals surface area (Å²) in [6.07, 6.45) is 6.99. The van der Waals surface area contributed by atoms with E-state index in [-0.39, 0.29) is 35.3 Å². The van der Waals surface area contributed by atoms with Crippen LogP contribution in [0, 0.1) is 12.3 Å². The predicted octanol–water partition coefficient (Wildman–Crippen LogP) is 3.95. The molecule has 40 heavy (non-hydrogen) atoms. The Balaban J connectivity index is 1.96. The summed E-state index contributed by atoms with van der Waals surface area (Å²) in [5.41, 5.74) is 1.23. The average Bonchev–Trinajstić information content (AvgIpc) is 3.23. The van der Waals surface area contributed by atoms with Gasteiger partial charge in [0.1, 0.15) is 6.61 Å². The topological polar surface area (TPSA) is 109 Å². The maximum Gasteiger partial charge on any atom is 0.338 e. The van der Waals surface area contributed by atoms with Gasteiger partial charge in [-0.15, -0.1) is 6.42 Å². The largest absolute Gasteiger partial charge is 0.503 e. The summed E-state index contributed by atoms with van der Waals surface area (Å²) >= 11 is 11.0. The van der Waals surface area contributed by atoms with Crippen molar-refractivity contribution in [3.05, 3.63) is 75.8 Å². The standard InChI is InChI=1S/C28H24BrClN2O7S/c1-6-8-39-20-13-17(29)15(10-19(20)36-4)12-22-26(34)32-24(16-9-18(30)25(33)21(11-16)37-5)23(27(35)38-7-2)14(3)31-28(32)40-22/h1,9-13,24,33H,7-8H2,2-5H3. The SMILES string of the molecule is C#CCOc1cc(Br)c(C=c2sc3n(c2=O)C(c2cc(Cl)c(O)c(OC)c2)C(C(=O)OCC)=C(C)N=3)cc1OC. The number of methoxy groups -OCH3 is 2. The zero-order valence-electron chi connectivity index (χ0n) is 21.9. The molecule has 12 heteroatoms. The number of allylic oxidation sites excluding steroid dienone is 1.